The highest BCUT2D eigenvalue weighted by Gasteiger charge is 2.10. The summed E-state index contributed by atoms with van der Waals surface area (Å²) in [7, 11) is 6.08. The van der Waals surface area contributed by atoms with Crippen molar-refractivity contribution in [3.05, 3.63) is 54.7 Å². The van der Waals surface area contributed by atoms with Crippen LogP contribution in [0.5, 0.6) is 0 Å². The molecule has 0 saturated carbocycles. The van der Waals surface area contributed by atoms with Gasteiger partial charge in [-0.2, -0.15) is 5.10 Å². The van der Waals surface area contributed by atoms with Gasteiger partial charge in [-0.1, -0.05) is 12.1 Å². The lowest BCUT2D eigenvalue weighted by Crippen LogP contribution is -2.20. The molecule has 3 rings (SSSR count). The quantitative estimate of drug-likeness (QED) is 0.507. The largest absolute Gasteiger partial charge is 0.478 e. The minimum atomic E-state index is -1.26. The number of fused-ring (bicyclic) bond motifs is 1. The molecule has 3 N–H and O–H groups in total. The Hall–Kier alpha value is -3.72. The molecule has 0 amide bonds. The lowest BCUT2D eigenvalue weighted by molar-refractivity contribution is -0.134. The van der Waals surface area contributed by atoms with E-state index in [-0.39, 0.29) is 0 Å². The Morgan fingerprint density at radius 3 is 2.30 bits per heavy atom. The summed E-state index contributed by atoms with van der Waals surface area (Å²) in [5.74, 6) is -2.51. The fraction of sp³-hybridized carbons (Fsp3) is 0.238. The molecule has 0 spiro atoms. The smallest absolute Gasteiger partial charge is 0.328 e. The summed E-state index contributed by atoms with van der Waals surface area (Å²) in [5.41, 5.74) is 4.12. The molecule has 0 saturated heterocycles. The van der Waals surface area contributed by atoms with Gasteiger partial charge in [0.15, 0.2) is 5.65 Å². The first-order chi connectivity index (χ1) is 14.3. The molecule has 3 aromatic rings. The molecule has 0 bridgehead atoms. The maximum atomic E-state index is 9.55. The fourth-order valence-corrected chi connectivity index (χ4v) is 2.62. The average molecular weight is 411 g/mol. The number of anilines is 1. The zero-order valence-corrected chi connectivity index (χ0v) is 17.1. The number of aromatic nitrogens is 3. The lowest BCUT2D eigenvalue weighted by atomic mass is 10.1. The minimum absolute atomic E-state index is 0.558. The predicted octanol–water partition coefficient (Wildman–Crippen LogP) is 2.32. The normalized spacial score (nSPS) is 10.8. The van der Waals surface area contributed by atoms with Gasteiger partial charge in [-0.05, 0) is 38.4 Å². The number of nitrogens with one attached hydrogen (secondary N) is 1. The number of likely N-dealkylation sites (N-methyl/N-ethyl adjacent to an activating group) is 1. The van der Waals surface area contributed by atoms with E-state index >= 15 is 0 Å². The van der Waals surface area contributed by atoms with Crippen LogP contribution in [0.1, 0.15) is 0 Å². The average Bonchev–Trinajstić information content (AvgIpc) is 3.04. The zero-order valence-electron chi connectivity index (χ0n) is 17.1. The number of nitrogens with zero attached hydrogens (tertiary/aromatic N) is 4. The Labute approximate surface area is 174 Å². The van der Waals surface area contributed by atoms with E-state index < -0.39 is 11.9 Å². The number of carboxylic acids is 2. The van der Waals surface area contributed by atoms with Crippen molar-refractivity contribution in [2.45, 2.75) is 0 Å². The molecule has 30 heavy (non-hydrogen) atoms. The number of pyridine rings is 1. The first-order valence-electron chi connectivity index (χ1n) is 9.18. The monoisotopic (exact) mass is 411 g/mol. The van der Waals surface area contributed by atoms with Crippen LogP contribution in [0, 0.1) is 0 Å². The second kappa shape index (κ2) is 10.7. The van der Waals surface area contributed by atoms with Gasteiger partial charge in [0.1, 0.15) is 5.69 Å². The molecule has 2 heterocycles. The number of rotatable bonds is 7. The molecular weight excluding hydrogens is 386 g/mol. The predicted molar refractivity (Wildman–Crippen MR) is 115 cm³/mol. The van der Waals surface area contributed by atoms with Crippen molar-refractivity contribution in [3.63, 3.8) is 0 Å². The maximum absolute atomic E-state index is 9.55. The fourth-order valence-electron chi connectivity index (χ4n) is 2.62. The van der Waals surface area contributed by atoms with Crippen molar-refractivity contribution in [3.8, 4) is 11.3 Å². The van der Waals surface area contributed by atoms with E-state index in [9.17, 15) is 9.59 Å². The molecule has 0 fully saturated rings. The summed E-state index contributed by atoms with van der Waals surface area (Å²) in [5, 5.41) is 24.7. The molecule has 0 aliphatic heterocycles. The van der Waals surface area contributed by atoms with E-state index in [1.807, 2.05) is 17.8 Å². The van der Waals surface area contributed by atoms with Crippen molar-refractivity contribution >= 4 is 28.7 Å². The van der Waals surface area contributed by atoms with Crippen molar-refractivity contribution < 1.29 is 19.8 Å². The Kier molecular flexibility index (Phi) is 8.07. The van der Waals surface area contributed by atoms with Crippen molar-refractivity contribution in [1.29, 1.82) is 0 Å². The molecule has 158 valence electrons. The van der Waals surface area contributed by atoms with Crippen molar-refractivity contribution in [2.24, 2.45) is 7.05 Å². The molecule has 9 heteroatoms. The third-order valence-electron chi connectivity index (χ3n) is 4.01. The molecular formula is C21H25N5O4. The van der Waals surface area contributed by atoms with E-state index in [4.69, 9.17) is 10.2 Å². The zero-order chi connectivity index (χ0) is 22.1. The van der Waals surface area contributed by atoms with Gasteiger partial charge in [-0.3, -0.25) is 0 Å². The lowest BCUT2D eigenvalue weighted by Gasteiger charge is -2.11. The first kappa shape index (κ1) is 22.6. The number of aliphatic carboxylic acids is 2. The Morgan fingerprint density at radius 2 is 1.73 bits per heavy atom. The molecule has 0 radical (unpaired) electrons. The van der Waals surface area contributed by atoms with Gasteiger partial charge in [0.25, 0.3) is 0 Å². The van der Waals surface area contributed by atoms with E-state index in [0.717, 1.165) is 41.1 Å². The topological polar surface area (TPSA) is 121 Å². The van der Waals surface area contributed by atoms with Gasteiger partial charge in [0.2, 0.25) is 0 Å². The molecule has 0 unspecified atom stereocenters. The maximum Gasteiger partial charge on any atom is 0.328 e. The Balaban J connectivity index is 0.000000343. The molecule has 0 atom stereocenters. The molecule has 1 aromatic carbocycles. The van der Waals surface area contributed by atoms with Gasteiger partial charge in [0.05, 0.1) is 0 Å². The Morgan fingerprint density at radius 1 is 1.10 bits per heavy atom. The number of carbonyl (C=O) groups is 2. The summed E-state index contributed by atoms with van der Waals surface area (Å²) in [6.07, 6.45) is 2.91. The second-order valence-electron chi connectivity index (χ2n) is 6.66. The van der Waals surface area contributed by atoms with E-state index in [0.29, 0.717) is 12.2 Å². The first-order valence-corrected chi connectivity index (χ1v) is 9.18. The highest BCUT2D eigenvalue weighted by Crippen LogP contribution is 2.27. The molecule has 9 nitrogen and oxygen atoms in total. The number of benzene rings is 1. The van der Waals surface area contributed by atoms with Gasteiger partial charge in [-0.25, -0.2) is 19.3 Å². The van der Waals surface area contributed by atoms with Gasteiger partial charge in [0, 0.05) is 55.1 Å². The summed E-state index contributed by atoms with van der Waals surface area (Å²) in [6.45, 7) is 1.95. The van der Waals surface area contributed by atoms with E-state index in [2.05, 4.69) is 64.7 Å². The number of hydrogen-bond donors (Lipinski definition) is 3. The third-order valence-corrected chi connectivity index (χ3v) is 4.01. The second-order valence-corrected chi connectivity index (χ2v) is 6.66. The number of hydrogen-bond acceptors (Lipinski definition) is 6. The van der Waals surface area contributed by atoms with Crippen LogP contribution in [0.15, 0.2) is 54.7 Å². The SMILES string of the molecule is CN(C)CCNc1ccc(-c2nn(C)c3ncccc23)cc1.O=C(O)C=CC(=O)O. The van der Waals surface area contributed by atoms with Crippen molar-refractivity contribution in [2.75, 3.05) is 32.5 Å². The minimum Gasteiger partial charge on any atom is -0.478 e. The van der Waals surface area contributed by atoms with E-state index in [1.54, 1.807) is 6.20 Å². The summed E-state index contributed by atoms with van der Waals surface area (Å²) in [6, 6.07) is 12.4. The van der Waals surface area contributed by atoms with Crippen LogP contribution in [-0.2, 0) is 16.6 Å². The van der Waals surface area contributed by atoms with Gasteiger partial charge < -0.3 is 20.4 Å². The Bertz CT molecular complexity index is 1010. The highest BCUT2D eigenvalue weighted by atomic mass is 16.4. The summed E-state index contributed by atoms with van der Waals surface area (Å²) in [4.78, 5) is 25.7. The van der Waals surface area contributed by atoms with Crippen LogP contribution < -0.4 is 5.32 Å². The molecule has 0 aliphatic carbocycles. The third kappa shape index (κ3) is 6.71. The van der Waals surface area contributed by atoms with Crippen LogP contribution in [0.4, 0.5) is 5.69 Å². The van der Waals surface area contributed by atoms with Gasteiger partial charge >= 0.3 is 11.9 Å². The summed E-state index contributed by atoms with van der Waals surface area (Å²) >= 11 is 0. The van der Waals surface area contributed by atoms with Gasteiger partial charge in [-0.15, -0.1) is 0 Å². The summed E-state index contributed by atoms with van der Waals surface area (Å²) < 4.78 is 1.83. The van der Waals surface area contributed by atoms with Crippen LogP contribution in [0.25, 0.3) is 22.3 Å². The standard InChI is InChI=1S/C17H21N5.C4H4O4/c1-21(2)12-11-18-14-8-6-13(7-9-14)16-15-5-4-10-19-17(15)22(3)20-16;5-3(6)1-2-4(7)8/h4-10,18H,11-12H2,1-3H3;1-2H,(H,5,6)(H,7,8). The molecule has 0 aliphatic rings. The molecule has 2 aromatic heterocycles. The number of aryl methyl sites for hydroxylation is 1. The number of carboxylic acid groups (broad SMARTS) is 2. The highest BCUT2D eigenvalue weighted by molar-refractivity contribution is 5.91. The van der Waals surface area contributed by atoms with E-state index in [1.165, 1.54) is 0 Å². The van der Waals surface area contributed by atoms with Crippen LogP contribution in [0.2, 0.25) is 0 Å². The van der Waals surface area contributed by atoms with Crippen LogP contribution in [-0.4, -0.2) is 69.0 Å². The van der Waals surface area contributed by atoms with Crippen LogP contribution in [0.3, 0.4) is 0 Å². The van der Waals surface area contributed by atoms with Crippen molar-refractivity contribution in [1.82, 2.24) is 19.7 Å². The van der Waals surface area contributed by atoms with Crippen LogP contribution >= 0.6 is 0 Å².